The first kappa shape index (κ1) is 13.5. The van der Waals surface area contributed by atoms with Crippen molar-refractivity contribution < 1.29 is 13.2 Å². The second-order valence-corrected chi connectivity index (χ2v) is 8.51. The van der Waals surface area contributed by atoms with Crippen LogP contribution in [0.5, 0.6) is 0 Å². The quantitative estimate of drug-likeness (QED) is 0.845. The van der Waals surface area contributed by atoms with Gasteiger partial charge in [0.25, 0.3) is 10.0 Å². The molecule has 0 aromatic carbocycles. The number of rotatable bonds is 4. The molecule has 1 fully saturated rings. The first-order chi connectivity index (χ1) is 8.05. The Morgan fingerprint density at radius 1 is 1.59 bits per heavy atom. The van der Waals surface area contributed by atoms with Gasteiger partial charge in [-0.25, -0.2) is 8.42 Å². The summed E-state index contributed by atoms with van der Waals surface area (Å²) in [7, 11) is -1.75. The Labute approximate surface area is 114 Å². The van der Waals surface area contributed by atoms with Crippen LogP contribution < -0.4 is 0 Å². The van der Waals surface area contributed by atoms with Crippen molar-refractivity contribution in [3.05, 3.63) is 15.9 Å². The summed E-state index contributed by atoms with van der Waals surface area (Å²) in [5, 5.41) is 0. The van der Waals surface area contributed by atoms with Crippen LogP contribution >= 0.6 is 27.3 Å². The van der Waals surface area contributed by atoms with Gasteiger partial charge in [-0.3, -0.25) is 0 Å². The van der Waals surface area contributed by atoms with Crippen LogP contribution in [-0.4, -0.2) is 39.0 Å². The molecule has 1 unspecified atom stereocenters. The molecule has 2 heterocycles. The lowest BCUT2D eigenvalue weighted by atomic mass is 10.2. The van der Waals surface area contributed by atoms with E-state index in [-0.39, 0.29) is 6.04 Å². The van der Waals surface area contributed by atoms with Crippen LogP contribution in [0.3, 0.4) is 0 Å². The van der Waals surface area contributed by atoms with Crippen molar-refractivity contribution in [2.75, 3.05) is 20.3 Å². The SMILES string of the molecule is COCC1CCCN1S(=O)(=O)c1ccc(Br)s1. The Bertz CT molecular complexity index is 485. The first-order valence-corrected chi connectivity index (χ1v) is 8.37. The van der Waals surface area contributed by atoms with Gasteiger partial charge in [-0.05, 0) is 40.9 Å². The van der Waals surface area contributed by atoms with E-state index in [4.69, 9.17) is 4.74 Å². The highest BCUT2D eigenvalue weighted by molar-refractivity contribution is 9.11. The maximum Gasteiger partial charge on any atom is 0.252 e. The van der Waals surface area contributed by atoms with Gasteiger partial charge in [-0.15, -0.1) is 11.3 Å². The summed E-state index contributed by atoms with van der Waals surface area (Å²) in [6.45, 7) is 1.05. The molecule has 0 aliphatic carbocycles. The highest BCUT2D eigenvalue weighted by Crippen LogP contribution is 2.32. The normalized spacial score (nSPS) is 22.1. The summed E-state index contributed by atoms with van der Waals surface area (Å²) in [4.78, 5) is 0. The van der Waals surface area contributed by atoms with E-state index >= 15 is 0 Å². The zero-order valence-corrected chi connectivity index (χ0v) is 12.6. The molecule has 1 atom stereocenters. The van der Waals surface area contributed by atoms with Gasteiger partial charge in [-0.1, -0.05) is 0 Å². The van der Waals surface area contributed by atoms with Crippen LogP contribution in [0.1, 0.15) is 12.8 Å². The maximum absolute atomic E-state index is 12.4. The Morgan fingerprint density at radius 2 is 2.35 bits per heavy atom. The van der Waals surface area contributed by atoms with E-state index in [0.717, 1.165) is 16.6 Å². The monoisotopic (exact) mass is 339 g/mol. The third-order valence-electron chi connectivity index (χ3n) is 2.79. The summed E-state index contributed by atoms with van der Waals surface area (Å²) in [5.41, 5.74) is 0. The van der Waals surface area contributed by atoms with Gasteiger partial charge in [0.1, 0.15) is 4.21 Å². The first-order valence-electron chi connectivity index (χ1n) is 5.32. The second-order valence-electron chi connectivity index (χ2n) is 3.93. The molecule has 4 nitrogen and oxygen atoms in total. The minimum Gasteiger partial charge on any atom is -0.383 e. The molecule has 7 heteroatoms. The van der Waals surface area contributed by atoms with Gasteiger partial charge in [0.15, 0.2) is 0 Å². The lowest BCUT2D eigenvalue weighted by Gasteiger charge is -2.22. The number of thiophene rings is 1. The summed E-state index contributed by atoms with van der Waals surface area (Å²) in [5.74, 6) is 0. The van der Waals surface area contributed by atoms with Gasteiger partial charge in [0, 0.05) is 19.7 Å². The summed E-state index contributed by atoms with van der Waals surface area (Å²) < 4.78 is 32.7. The molecule has 0 spiro atoms. The molecule has 1 aromatic heterocycles. The van der Waals surface area contributed by atoms with E-state index in [1.807, 2.05) is 0 Å². The molecule has 0 saturated carbocycles. The minimum atomic E-state index is -3.35. The fourth-order valence-corrected chi connectivity index (χ4v) is 5.85. The molecular formula is C10H14BrNO3S2. The van der Waals surface area contributed by atoms with E-state index in [1.54, 1.807) is 23.5 Å². The summed E-state index contributed by atoms with van der Waals surface area (Å²) >= 11 is 4.54. The molecule has 0 bridgehead atoms. The number of methoxy groups -OCH3 is 1. The Hall–Kier alpha value is 0.0500. The highest BCUT2D eigenvalue weighted by Gasteiger charge is 2.35. The molecule has 2 rings (SSSR count). The molecule has 1 aliphatic rings. The van der Waals surface area contributed by atoms with Gasteiger partial charge >= 0.3 is 0 Å². The zero-order chi connectivity index (χ0) is 12.5. The average molecular weight is 340 g/mol. The molecular weight excluding hydrogens is 326 g/mol. The van der Waals surface area contributed by atoms with Crippen molar-refractivity contribution in [3.8, 4) is 0 Å². The average Bonchev–Trinajstić information content (AvgIpc) is 2.87. The summed E-state index contributed by atoms with van der Waals surface area (Å²) in [6.07, 6.45) is 1.78. The van der Waals surface area contributed by atoms with Crippen molar-refractivity contribution in [1.29, 1.82) is 0 Å². The fraction of sp³-hybridized carbons (Fsp3) is 0.600. The Kier molecular flexibility index (Phi) is 4.25. The maximum atomic E-state index is 12.4. The molecule has 1 aromatic rings. The van der Waals surface area contributed by atoms with E-state index in [0.29, 0.717) is 17.4 Å². The zero-order valence-electron chi connectivity index (χ0n) is 9.43. The van der Waals surface area contributed by atoms with Crippen LogP contribution in [0, 0.1) is 0 Å². The number of halogens is 1. The third-order valence-corrected chi connectivity index (χ3v) is 6.84. The van der Waals surface area contributed by atoms with E-state index in [9.17, 15) is 8.42 Å². The van der Waals surface area contributed by atoms with Crippen molar-refractivity contribution in [2.45, 2.75) is 23.1 Å². The fourth-order valence-electron chi connectivity index (χ4n) is 2.04. The molecule has 1 saturated heterocycles. The summed E-state index contributed by atoms with van der Waals surface area (Å²) in [6, 6.07) is 3.39. The van der Waals surface area contributed by atoms with Crippen molar-refractivity contribution >= 4 is 37.3 Å². The van der Waals surface area contributed by atoms with Crippen LogP contribution in [0.15, 0.2) is 20.1 Å². The molecule has 0 N–H and O–H groups in total. The van der Waals surface area contributed by atoms with Crippen LogP contribution in [0.4, 0.5) is 0 Å². The molecule has 96 valence electrons. The highest BCUT2D eigenvalue weighted by atomic mass is 79.9. The third kappa shape index (κ3) is 2.73. The standard InChI is InChI=1S/C10H14BrNO3S2/c1-15-7-8-3-2-6-12(8)17(13,14)10-5-4-9(11)16-10/h4-5,8H,2-3,6-7H2,1H3. The van der Waals surface area contributed by atoms with E-state index < -0.39 is 10.0 Å². The predicted octanol–water partition coefficient (Wildman–Crippen LogP) is 2.31. The van der Waals surface area contributed by atoms with Gasteiger partial charge < -0.3 is 4.74 Å². The number of hydrogen-bond acceptors (Lipinski definition) is 4. The predicted molar refractivity (Wildman–Crippen MR) is 70.8 cm³/mol. The minimum absolute atomic E-state index is 0.0223. The van der Waals surface area contributed by atoms with E-state index in [2.05, 4.69) is 15.9 Å². The van der Waals surface area contributed by atoms with Gasteiger partial charge in [-0.2, -0.15) is 4.31 Å². The van der Waals surface area contributed by atoms with Gasteiger partial charge in [0.05, 0.1) is 10.4 Å². The Morgan fingerprint density at radius 3 is 2.94 bits per heavy atom. The number of ether oxygens (including phenoxy) is 1. The number of sulfonamides is 1. The lowest BCUT2D eigenvalue weighted by molar-refractivity contribution is 0.149. The van der Waals surface area contributed by atoms with E-state index in [1.165, 1.54) is 11.3 Å². The van der Waals surface area contributed by atoms with Crippen molar-refractivity contribution in [3.63, 3.8) is 0 Å². The van der Waals surface area contributed by atoms with Crippen LogP contribution in [0.25, 0.3) is 0 Å². The topological polar surface area (TPSA) is 46.6 Å². The number of hydrogen-bond donors (Lipinski definition) is 0. The van der Waals surface area contributed by atoms with Crippen molar-refractivity contribution in [2.24, 2.45) is 0 Å². The molecule has 0 amide bonds. The largest absolute Gasteiger partial charge is 0.383 e. The second kappa shape index (κ2) is 5.36. The molecule has 0 radical (unpaired) electrons. The number of nitrogens with zero attached hydrogens (tertiary/aromatic N) is 1. The van der Waals surface area contributed by atoms with Gasteiger partial charge in [0.2, 0.25) is 0 Å². The van der Waals surface area contributed by atoms with Crippen LogP contribution in [0.2, 0.25) is 0 Å². The molecule has 1 aliphatic heterocycles. The Balaban J connectivity index is 2.26. The smallest absolute Gasteiger partial charge is 0.252 e. The lowest BCUT2D eigenvalue weighted by Crippen LogP contribution is -2.37. The van der Waals surface area contributed by atoms with Crippen LogP contribution in [-0.2, 0) is 14.8 Å². The molecule has 17 heavy (non-hydrogen) atoms. The van der Waals surface area contributed by atoms with Crippen molar-refractivity contribution in [1.82, 2.24) is 4.31 Å².